The van der Waals surface area contributed by atoms with E-state index in [2.05, 4.69) is 23.7 Å². The van der Waals surface area contributed by atoms with E-state index in [-0.39, 0.29) is 0 Å². The molecule has 3 nitrogen and oxygen atoms in total. The van der Waals surface area contributed by atoms with Crippen LogP contribution in [0.5, 0.6) is 0 Å². The molecule has 1 fully saturated rings. The minimum absolute atomic E-state index is 0.591. The summed E-state index contributed by atoms with van der Waals surface area (Å²) < 4.78 is 0. The van der Waals surface area contributed by atoms with Gasteiger partial charge >= 0.3 is 0 Å². The Hall–Kier alpha value is -0.610. The summed E-state index contributed by atoms with van der Waals surface area (Å²) in [5, 5.41) is 1.81. The van der Waals surface area contributed by atoms with Crippen LogP contribution >= 0.6 is 23.4 Å². The first-order valence-corrected chi connectivity index (χ1v) is 6.69. The molecule has 0 amide bonds. The summed E-state index contributed by atoms with van der Waals surface area (Å²) >= 11 is 7.86. The van der Waals surface area contributed by atoms with Gasteiger partial charge in [-0.2, -0.15) is 11.8 Å². The van der Waals surface area contributed by atoms with Crippen molar-refractivity contribution in [2.24, 2.45) is 0 Å². The average Bonchev–Trinajstić information content (AvgIpc) is 2.15. The number of nitrogens with two attached hydrogens (primary N) is 1. The van der Waals surface area contributed by atoms with E-state index in [0.717, 1.165) is 18.9 Å². The third-order valence-corrected chi connectivity index (χ3v) is 4.01. The molecule has 0 radical (unpaired) electrons. The van der Waals surface area contributed by atoms with E-state index < -0.39 is 0 Å². The highest BCUT2D eigenvalue weighted by molar-refractivity contribution is 8.00. The van der Waals surface area contributed by atoms with Crippen molar-refractivity contribution in [3.63, 3.8) is 0 Å². The van der Waals surface area contributed by atoms with Gasteiger partial charge in [0.25, 0.3) is 0 Å². The molecule has 2 N–H and O–H groups in total. The molecular weight excluding hydrogens is 242 g/mol. The lowest BCUT2D eigenvalue weighted by atomic mass is 10.3. The SMILES string of the molecule is CC1CN(c2ncc(Cl)cc2N)CC(C)S1. The van der Waals surface area contributed by atoms with Crippen LogP contribution in [0, 0.1) is 0 Å². The van der Waals surface area contributed by atoms with E-state index in [1.807, 2.05) is 11.8 Å². The van der Waals surface area contributed by atoms with Gasteiger partial charge in [-0.05, 0) is 6.07 Å². The predicted molar refractivity (Wildman–Crippen MR) is 72.4 cm³/mol. The summed E-state index contributed by atoms with van der Waals surface area (Å²) in [6.07, 6.45) is 1.66. The largest absolute Gasteiger partial charge is 0.396 e. The van der Waals surface area contributed by atoms with Gasteiger partial charge in [0.15, 0.2) is 5.82 Å². The Morgan fingerprint density at radius 1 is 1.44 bits per heavy atom. The normalized spacial score (nSPS) is 25.8. The van der Waals surface area contributed by atoms with Gasteiger partial charge in [-0.15, -0.1) is 0 Å². The maximum atomic E-state index is 5.95. The second-order valence-electron chi connectivity index (χ2n) is 4.23. The minimum atomic E-state index is 0.591. The molecular formula is C11H16ClN3S. The zero-order valence-corrected chi connectivity index (χ0v) is 11.1. The molecule has 88 valence electrons. The average molecular weight is 258 g/mol. The van der Waals surface area contributed by atoms with Gasteiger partial charge in [0.05, 0.1) is 10.7 Å². The first-order chi connectivity index (χ1) is 7.56. The number of hydrogen-bond acceptors (Lipinski definition) is 4. The zero-order chi connectivity index (χ0) is 11.7. The van der Waals surface area contributed by atoms with Crippen LogP contribution < -0.4 is 10.6 Å². The van der Waals surface area contributed by atoms with Crippen LogP contribution in [-0.2, 0) is 0 Å². The maximum absolute atomic E-state index is 5.95. The third kappa shape index (κ3) is 2.55. The molecule has 0 aromatic carbocycles. The molecule has 1 saturated heterocycles. The van der Waals surface area contributed by atoms with E-state index >= 15 is 0 Å². The smallest absolute Gasteiger partial charge is 0.151 e. The minimum Gasteiger partial charge on any atom is -0.396 e. The van der Waals surface area contributed by atoms with Crippen molar-refractivity contribution in [3.05, 3.63) is 17.3 Å². The van der Waals surface area contributed by atoms with Crippen molar-refractivity contribution >= 4 is 34.9 Å². The maximum Gasteiger partial charge on any atom is 0.151 e. The van der Waals surface area contributed by atoms with Gasteiger partial charge in [-0.25, -0.2) is 4.98 Å². The fourth-order valence-electron chi connectivity index (χ4n) is 2.06. The van der Waals surface area contributed by atoms with Gasteiger partial charge < -0.3 is 10.6 Å². The Bertz CT molecular complexity index is 375. The topological polar surface area (TPSA) is 42.2 Å². The Morgan fingerprint density at radius 2 is 2.06 bits per heavy atom. The highest BCUT2D eigenvalue weighted by atomic mass is 35.5. The van der Waals surface area contributed by atoms with Crippen LogP contribution in [0.25, 0.3) is 0 Å². The van der Waals surface area contributed by atoms with Gasteiger partial charge in [0.2, 0.25) is 0 Å². The zero-order valence-electron chi connectivity index (χ0n) is 9.48. The molecule has 5 heteroatoms. The van der Waals surface area contributed by atoms with Gasteiger partial charge in [-0.1, -0.05) is 25.4 Å². The molecule has 0 bridgehead atoms. The molecule has 0 aliphatic carbocycles. The Morgan fingerprint density at radius 3 is 2.62 bits per heavy atom. The third-order valence-electron chi connectivity index (χ3n) is 2.58. The molecule has 2 heterocycles. The molecule has 1 aliphatic heterocycles. The highest BCUT2D eigenvalue weighted by Crippen LogP contribution is 2.31. The van der Waals surface area contributed by atoms with E-state index in [0.29, 0.717) is 21.2 Å². The lowest BCUT2D eigenvalue weighted by Crippen LogP contribution is -2.41. The van der Waals surface area contributed by atoms with Crippen molar-refractivity contribution in [1.29, 1.82) is 0 Å². The number of nitrogens with zero attached hydrogens (tertiary/aromatic N) is 2. The molecule has 2 unspecified atom stereocenters. The Labute approximate surface area is 105 Å². The number of thioether (sulfide) groups is 1. The highest BCUT2D eigenvalue weighted by Gasteiger charge is 2.24. The van der Waals surface area contributed by atoms with Gasteiger partial charge in [0.1, 0.15) is 0 Å². The second-order valence-corrected chi connectivity index (χ2v) is 6.55. The summed E-state index contributed by atoms with van der Waals surface area (Å²) in [6, 6.07) is 1.76. The number of hydrogen-bond donors (Lipinski definition) is 1. The molecule has 1 aliphatic rings. The first kappa shape index (κ1) is 11.9. The van der Waals surface area contributed by atoms with Gasteiger partial charge in [0, 0.05) is 29.8 Å². The fraction of sp³-hybridized carbons (Fsp3) is 0.545. The van der Waals surface area contributed by atoms with Crippen LogP contribution in [0.15, 0.2) is 12.3 Å². The molecule has 0 spiro atoms. The number of rotatable bonds is 1. The summed E-state index contributed by atoms with van der Waals surface area (Å²) in [6.45, 7) is 6.46. The Kier molecular flexibility index (Phi) is 3.50. The summed E-state index contributed by atoms with van der Waals surface area (Å²) in [7, 11) is 0. The molecule has 2 rings (SSSR count). The van der Waals surface area contributed by atoms with Crippen molar-refractivity contribution < 1.29 is 0 Å². The number of halogens is 1. The van der Waals surface area contributed by atoms with Gasteiger partial charge in [-0.3, -0.25) is 0 Å². The van der Waals surface area contributed by atoms with Crippen LogP contribution in [0.1, 0.15) is 13.8 Å². The molecule has 0 saturated carbocycles. The number of pyridine rings is 1. The van der Waals surface area contributed by atoms with Crippen LogP contribution in [-0.4, -0.2) is 28.6 Å². The van der Waals surface area contributed by atoms with E-state index in [1.54, 1.807) is 12.3 Å². The lowest BCUT2D eigenvalue weighted by Gasteiger charge is -2.35. The first-order valence-electron chi connectivity index (χ1n) is 5.37. The van der Waals surface area contributed by atoms with Crippen molar-refractivity contribution in [2.45, 2.75) is 24.3 Å². The van der Waals surface area contributed by atoms with Crippen LogP contribution in [0.2, 0.25) is 5.02 Å². The number of aromatic nitrogens is 1. The monoisotopic (exact) mass is 257 g/mol. The Balaban J connectivity index is 2.23. The van der Waals surface area contributed by atoms with E-state index in [9.17, 15) is 0 Å². The number of nitrogen functional groups attached to an aromatic ring is 1. The summed E-state index contributed by atoms with van der Waals surface area (Å²) in [4.78, 5) is 6.58. The van der Waals surface area contributed by atoms with Crippen molar-refractivity contribution in [3.8, 4) is 0 Å². The summed E-state index contributed by atoms with van der Waals surface area (Å²) in [5.74, 6) is 0.864. The fourth-order valence-corrected chi connectivity index (χ4v) is 3.55. The summed E-state index contributed by atoms with van der Waals surface area (Å²) in [5.41, 5.74) is 6.61. The molecule has 1 aromatic rings. The molecule has 1 aromatic heterocycles. The second kappa shape index (κ2) is 4.72. The van der Waals surface area contributed by atoms with Crippen LogP contribution in [0.4, 0.5) is 11.5 Å². The quantitative estimate of drug-likeness (QED) is 0.840. The number of anilines is 2. The predicted octanol–water partition coefficient (Wildman–Crippen LogP) is 2.65. The van der Waals surface area contributed by atoms with Crippen molar-refractivity contribution in [1.82, 2.24) is 4.98 Å². The van der Waals surface area contributed by atoms with E-state index in [1.165, 1.54) is 0 Å². The van der Waals surface area contributed by atoms with Crippen molar-refractivity contribution in [2.75, 3.05) is 23.7 Å². The van der Waals surface area contributed by atoms with Crippen LogP contribution in [0.3, 0.4) is 0 Å². The molecule has 16 heavy (non-hydrogen) atoms. The van der Waals surface area contributed by atoms with E-state index in [4.69, 9.17) is 17.3 Å². The molecule has 2 atom stereocenters. The lowest BCUT2D eigenvalue weighted by molar-refractivity contribution is 0.720. The standard InChI is InChI=1S/C11H16ClN3S/c1-7-5-15(6-8(2)16-7)11-10(13)3-9(12)4-14-11/h3-4,7-8H,5-6,13H2,1-2H3.